The van der Waals surface area contributed by atoms with Gasteiger partial charge in [-0.2, -0.15) is 0 Å². The Morgan fingerprint density at radius 1 is 1.06 bits per heavy atom. The number of hydrogen-bond donors (Lipinski definition) is 2. The molecule has 0 unspecified atom stereocenters. The number of unbranched alkanes of at least 4 members (excludes halogenated alkanes) is 3. The van der Waals surface area contributed by atoms with Crippen molar-refractivity contribution in [2.45, 2.75) is 39.2 Å². The maximum Gasteiger partial charge on any atom is 0.166 e. The highest BCUT2D eigenvalue weighted by Gasteiger charge is 1.95. The highest BCUT2D eigenvalue weighted by molar-refractivity contribution is 7.80. The second kappa shape index (κ2) is 8.99. The number of hydrogen-bond acceptors (Lipinski definition) is 1. The lowest BCUT2D eigenvalue weighted by atomic mass is 10.2. The molecular weight excluding hydrogens is 228 g/mol. The third-order valence-electron chi connectivity index (χ3n) is 2.61. The van der Waals surface area contributed by atoms with E-state index in [9.17, 15) is 0 Å². The van der Waals surface area contributed by atoms with E-state index in [0.29, 0.717) is 0 Å². The Bertz CT molecular complexity index is 311. The van der Waals surface area contributed by atoms with Crippen LogP contribution < -0.4 is 10.6 Å². The van der Waals surface area contributed by atoms with Crippen LogP contribution >= 0.6 is 12.2 Å². The van der Waals surface area contributed by atoms with Gasteiger partial charge in [-0.15, -0.1) is 0 Å². The van der Waals surface area contributed by atoms with Gasteiger partial charge in [0.2, 0.25) is 0 Å². The maximum atomic E-state index is 5.21. The number of thiocarbonyl (C=S) groups is 1. The summed E-state index contributed by atoms with van der Waals surface area (Å²) < 4.78 is 0. The zero-order chi connectivity index (χ0) is 12.3. The molecule has 0 bridgehead atoms. The molecule has 0 saturated heterocycles. The first-order valence-corrected chi connectivity index (χ1v) is 6.79. The molecule has 0 atom stereocenters. The highest BCUT2D eigenvalue weighted by atomic mass is 32.1. The molecule has 0 aromatic heterocycles. The molecule has 0 radical (unpaired) electrons. The Kier molecular flexibility index (Phi) is 7.39. The summed E-state index contributed by atoms with van der Waals surface area (Å²) in [6.45, 7) is 3.99. The molecule has 1 aromatic carbocycles. The smallest absolute Gasteiger partial charge is 0.166 e. The molecule has 2 N–H and O–H groups in total. The lowest BCUT2D eigenvalue weighted by molar-refractivity contribution is 0.650. The van der Waals surface area contributed by atoms with E-state index in [0.717, 1.165) is 18.2 Å². The molecule has 3 heteroatoms. The summed E-state index contributed by atoms with van der Waals surface area (Å²) in [6.07, 6.45) is 5.06. The van der Waals surface area contributed by atoms with Gasteiger partial charge in [0.05, 0.1) is 0 Å². The molecule has 17 heavy (non-hydrogen) atoms. The minimum absolute atomic E-state index is 0.755. The van der Waals surface area contributed by atoms with Crippen molar-refractivity contribution in [3.8, 4) is 0 Å². The van der Waals surface area contributed by atoms with Crippen molar-refractivity contribution in [3.63, 3.8) is 0 Å². The molecule has 0 heterocycles. The van der Waals surface area contributed by atoms with E-state index in [2.05, 4.69) is 29.7 Å². The van der Waals surface area contributed by atoms with Gasteiger partial charge in [-0.25, -0.2) is 0 Å². The van der Waals surface area contributed by atoms with Gasteiger partial charge >= 0.3 is 0 Å². The highest BCUT2D eigenvalue weighted by Crippen LogP contribution is 1.98. The van der Waals surface area contributed by atoms with Gasteiger partial charge in [0.15, 0.2) is 5.11 Å². The quantitative estimate of drug-likeness (QED) is 0.574. The first kappa shape index (κ1) is 14.0. The van der Waals surface area contributed by atoms with E-state index in [1.807, 2.05) is 18.2 Å². The lowest BCUT2D eigenvalue weighted by Gasteiger charge is -2.10. The first-order valence-electron chi connectivity index (χ1n) is 6.38. The average molecular weight is 250 g/mol. The monoisotopic (exact) mass is 250 g/mol. The molecule has 0 aliphatic heterocycles. The molecule has 0 saturated carbocycles. The van der Waals surface area contributed by atoms with Gasteiger partial charge in [-0.05, 0) is 24.2 Å². The minimum Gasteiger partial charge on any atom is -0.363 e. The van der Waals surface area contributed by atoms with Gasteiger partial charge in [0.25, 0.3) is 0 Å². The standard InChI is InChI=1S/C14H22N2S/c1-2-3-4-8-11-15-14(17)16-12-13-9-6-5-7-10-13/h5-7,9-10H,2-4,8,11-12H2,1H3,(H2,15,16,17). The summed E-state index contributed by atoms with van der Waals surface area (Å²) in [7, 11) is 0. The molecule has 0 fully saturated rings. The van der Waals surface area contributed by atoms with Crippen LogP contribution in [0.4, 0.5) is 0 Å². The molecule has 1 aromatic rings. The zero-order valence-electron chi connectivity index (χ0n) is 10.5. The van der Waals surface area contributed by atoms with Gasteiger partial charge in [0.1, 0.15) is 0 Å². The van der Waals surface area contributed by atoms with Crippen molar-refractivity contribution in [3.05, 3.63) is 35.9 Å². The van der Waals surface area contributed by atoms with Crippen LogP contribution in [0.5, 0.6) is 0 Å². The van der Waals surface area contributed by atoms with E-state index < -0.39 is 0 Å². The Morgan fingerprint density at radius 3 is 2.53 bits per heavy atom. The summed E-state index contributed by atoms with van der Waals surface area (Å²) >= 11 is 5.21. The van der Waals surface area contributed by atoms with Crippen LogP contribution in [0.2, 0.25) is 0 Å². The normalized spacial score (nSPS) is 9.94. The van der Waals surface area contributed by atoms with E-state index in [4.69, 9.17) is 12.2 Å². The van der Waals surface area contributed by atoms with Crippen LogP contribution in [0.1, 0.15) is 38.2 Å². The van der Waals surface area contributed by atoms with Crippen LogP contribution in [-0.2, 0) is 6.54 Å². The topological polar surface area (TPSA) is 24.1 Å². The summed E-state index contributed by atoms with van der Waals surface area (Å²) in [5, 5.41) is 7.20. The van der Waals surface area contributed by atoms with Crippen LogP contribution in [0, 0.1) is 0 Å². The van der Waals surface area contributed by atoms with E-state index in [-0.39, 0.29) is 0 Å². The Balaban J connectivity index is 2.05. The number of benzene rings is 1. The van der Waals surface area contributed by atoms with E-state index in [1.54, 1.807) is 0 Å². The molecule has 0 aliphatic rings. The summed E-state index contributed by atoms with van der Waals surface area (Å²) in [5.74, 6) is 0. The molecular formula is C14H22N2S. The fraction of sp³-hybridized carbons (Fsp3) is 0.500. The second-order valence-corrected chi connectivity index (χ2v) is 4.56. The SMILES string of the molecule is CCCCCCNC(=S)NCc1ccccc1. The van der Waals surface area contributed by atoms with Crippen molar-refractivity contribution < 1.29 is 0 Å². The largest absolute Gasteiger partial charge is 0.363 e. The van der Waals surface area contributed by atoms with E-state index in [1.165, 1.54) is 31.2 Å². The first-order chi connectivity index (χ1) is 8.33. The Morgan fingerprint density at radius 2 is 1.82 bits per heavy atom. The summed E-state index contributed by atoms with van der Waals surface area (Å²) in [4.78, 5) is 0. The van der Waals surface area contributed by atoms with Gasteiger partial charge < -0.3 is 10.6 Å². The zero-order valence-corrected chi connectivity index (χ0v) is 11.4. The van der Waals surface area contributed by atoms with Crippen molar-refractivity contribution in [2.24, 2.45) is 0 Å². The summed E-state index contributed by atoms with van der Waals surface area (Å²) in [6, 6.07) is 10.3. The van der Waals surface area contributed by atoms with Crippen molar-refractivity contribution in [1.82, 2.24) is 10.6 Å². The van der Waals surface area contributed by atoms with Crippen molar-refractivity contribution in [2.75, 3.05) is 6.54 Å². The third kappa shape index (κ3) is 6.95. The van der Waals surface area contributed by atoms with Gasteiger partial charge in [0, 0.05) is 13.1 Å². The molecule has 94 valence electrons. The van der Waals surface area contributed by atoms with Crippen molar-refractivity contribution in [1.29, 1.82) is 0 Å². The number of nitrogens with one attached hydrogen (secondary N) is 2. The predicted octanol–water partition coefficient (Wildman–Crippen LogP) is 3.23. The molecule has 0 spiro atoms. The third-order valence-corrected chi connectivity index (χ3v) is 2.90. The van der Waals surface area contributed by atoms with Crippen molar-refractivity contribution >= 4 is 17.3 Å². The van der Waals surface area contributed by atoms with Gasteiger partial charge in [-0.1, -0.05) is 56.5 Å². The lowest BCUT2D eigenvalue weighted by Crippen LogP contribution is -2.35. The predicted molar refractivity (Wildman–Crippen MR) is 78.0 cm³/mol. The van der Waals surface area contributed by atoms with Crippen LogP contribution in [-0.4, -0.2) is 11.7 Å². The average Bonchev–Trinajstić information content (AvgIpc) is 2.37. The van der Waals surface area contributed by atoms with Crippen LogP contribution in [0.25, 0.3) is 0 Å². The van der Waals surface area contributed by atoms with Crippen LogP contribution in [0.15, 0.2) is 30.3 Å². The van der Waals surface area contributed by atoms with E-state index >= 15 is 0 Å². The molecule has 0 amide bonds. The van der Waals surface area contributed by atoms with Gasteiger partial charge in [-0.3, -0.25) is 0 Å². The molecule has 2 nitrogen and oxygen atoms in total. The molecule has 0 aliphatic carbocycles. The Labute approximate surface area is 110 Å². The van der Waals surface area contributed by atoms with Crippen LogP contribution in [0.3, 0.4) is 0 Å². The fourth-order valence-electron chi connectivity index (χ4n) is 1.59. The Hall–Kier alpha value is -1.09. The second-order valence-electron chi connectivity index (χ2n) is 4.16. The maximum absolute atomic E-state index is 5.21. The summed E-state index contributed by atoms with van der Waals surface area (Å²) in [5.41, 5.74) is 1.25. The molecule has 1 rings (SSSR count). The number of rotatable bonds is 7. The fourth-order valence-corrected chi connectivity index (χ4v) is 1.77. The minimum atomic E-state index is 0.755.